The summed E-state index contributed by atoms with van der Waals surface area (Å²) in [5, 5.41) is 11.2. The van der Waals surface area contributed by atoms with Crippen molar-refractivity contribution >= 4 is 17.4 Å². The van der Waals surface area contributed by atoms with E-state index in [4.69, 9.17) is 4.74 Å². The van der Waals surface area contributed by atoms with Gasteiger partial charge >= 0.3 is 0 Å². The SMILES string of the molecule is C=CCOc1ccc(C(O)=C2C(=O)C(=O)N(Cc3ccncc3)C2c2ccc(CC)cc2)cc1. The first-order valence-electron chi connectivity index (χ1n) is 11.1. The molecule has 0 radical (unpaired) electrons. The molecule has 0 bridgehead atoms. The van der Waals surface area contributed by atoms with Crippen molar-refractivity contribution in [3.63, 3.8) is 0 Å². The summed E-state index contributed by atoms with van der Waals surface area (Å²) >= 11 is 0. The molecule has 1 unspecified atom stereocenters. The number of hydrogen-bond donors (Lipinski definition) is 1. The zero-order valence-electron chi connectivity index (χ0n) is 19.0. The molecule has 4 rings (SSSR count). The van der Waals surface area contributed by atoms with E-state index in [1.807, 2.05) is 24.3 Å². The number of ketones is 1. The number of aromatic nitrogens is 1. The van der Waals surface area contributed by atoms with Crippen LogP contribution in [0.3, 0.4) is 0 Å². The van der Waals surface area contributed by atoms with Crippen molar-refractivity contribution in [1.82, 2.24) is 9.88 Å². The minimum Gasteiger partial charge on any atom is -0.507 e. The van der Waals surface area contributed by atoms with Gasteiger partial charge < -0.3 is 14.7 Å². The quantitative estimate of drug-likeness (QED) is 0.228. The second-order valence-corrected chi connectivity index (χ2v) is 8.00. The van der Waals surface area contributed by atoms with Crippen LogP contribution in [0.4, 0.5) is 0 Å². The summed E-state index contributed by atoms with van der Waals surface area (Å²) in [7, 11) is 0. The van der Waals surface area contributed by atoms with Gasteiger partial charge in [0.15, 0.2) is 0 Å². The Labute approximate surface area is 198 Å². The van der Waals surface area contributed by atoms with Gasteiger partial charge in [0.1, 0.15) is 18.1 Å². The third-order valence-electron chi connectivity index (χ3n) is 5.84. The van der Waals surface area contributed by atoms with E-state index in [9.17, 15) is 14.7 Å². The van der Waals surface area contributed by atoms with E-state index in [2.05, 4.69) is 18.5 Å². The lowest BCUT2D eigenvalue weighted by Gasteiger charge is -2.25. The number of pyridine rings is 1. The van der Waals surface area contributed by atoms with Gasteiger partial charge in [0.2, 0.25) is 0 Å². The Morgan fingerprint density at radius 2 is 1.71 bits per heavy atom. The molecule has 2 heterocycles. The van der Waals surface area contributed by atoms with Gasteiger partial charge in [0.05, 0.1) is 11.6 Å². The molecule has 6 heteroatoms. The van der Waals surface area contributed by atoms with Crippen LogP contribution < -0.4 is 4.74 Å². The molecule has 1 atom stereocenters. The normalized spacial score (nSPS) is 17.1. The summed E-state index contributed by atoms with van der Waals surface area (Å²) < 4.78 is 5.50. The van der Waals surface area contributed by atoms with Gasteiger partial charge in [0.25, 0.3) is 11.7 Å². The van der Waals surface area contributed by atoms with Gasteiger partial charge in [-0.1, -0.05) is 43.8 Å². The van der Waals surface area contributed by atoms with Crippen LogP contribution in [0, 0.1) is 0 Å². The Morgan fingerprint density at radius 3 is 2.32 bits per heavy atom. The van der Waals surface area contributed by atoms with E-state index in [1.54, 1.807) is 54.9 Å². The Hall–Kier alpha value is -4.19. The molecular formula is C28H26N2O4. The number of Topliss-reactive ketones (excluding diaryl/α,β-unsaturated/α-hetero) is 1. The summed E-state index contributed by atoms with van der Waals surface area (Å²) in [6.07, 6.45) is 5.81. The maximum Gasteiger partial charge on any atom is 0.295 e. The zero-order chi connectivity index (χ0) is 24.1. The molecule has 1 amide bonds. The fourth-order valence-corrected chi connectivity index (χ4v) is 4.03. The highest BCUT2D eigenvalue weighted by atomic mass is 16.5. The van der Waals surface area contributed by atoms with Crippen molar-refractivity contribution in [2.75, 3.05) is 6.61 Å². The van der Waals surface area contributed by atoms with Crippen LogP contribution >= 0.6 is 0 Å². The third-order valence-corrected chi connectivity index (χ3v) is 5.84. The number of aryl methyl sites for hydroxylation is 1. The molecule has 1 saturated heterocycles. The first-order valence-corrected chi connectivity index (χ1v) is 11.1. The number of carbonyl (C=O) groups excluding carboxylic acids is 2. The fraction of sp³-hybridized carbons (Fsp3) is 0.179. The van der Waals surface area contributed by atoms with Crippen molar-refractivity contribution in [2.24, 2.45) is 0 Å². The number of carbonyl (C=O) groups is 2. The molecule has 1 fully saturated rings. The molecule has 0 spiro atoms. The van der Waals surface area contributed by atoms with E-state index >= 15 is 0 Å². The summed E-state index contributed by atoms with van der Waals surface area (Å²) in [4.78, 5) is 31.8. The molecule has 6 nitrogen and oxygen atoms in total. The summed E-state index contributed by atoms with van der Waals surface area (Å²) in [6.45, 7) is 6.27. The number of rotatable bonds is 8. The van der Waals surface area contributed by atoms with Gasteiger partial charge in [-0.2, -0.15) is 0 Å². The Bertz CT molecular complexity index is 1220. The molecule has 172 valence electrons. The Kier molecular flexibility index (Phi) is 6.87. The molecule has 34 heavy (non-hydrogen) atoms. The number of hydrogen-bond acceptors (Lipinski definition) is 5. The van der Waals surface area contributed by atoms with Crippen molar-refractivity contribution in [1.29, 1.82) is 0 Å². The minimum atomic E-state index is -0.712. The highest BCUT2D eigenvalue weighted by molar-refractivity contribution is 6.46. The summed E-state index contributed by atoms with van der Waals surface area (Å²) in [5.74, 6) is -0.950. The van der Waals surface area contributed by atoms with Gasteiger partial charge in [-0.3, -0.25) is 14.6 Å². The van der Waals surface area contributed by atoms with Gasteiger partial charge in [-0.05, 0) is 59.5 Å². The topological polar surface area (TPSA) is 79.7 Å². The third kappa shape index (κ3) is 4.62. The summed E-state index contributed by atoms with van der Waals surface area (Å²) in [6, 6.07) is 17.4. The number of nitrogens with zero attached hydrogens (tertiary/aromatic N) is 2. The lowest BCUT2D eigenvalue weighted by molar-refractivity contribution is -0.140. The first kappa shape index (κ1) is 23.0. The number of ether oxygens (including phenoxy) is 1. The van der Waals surface area contributed by atoms with Crippen molar-refractivity contribution in [2.45, 2.75) is 25.9 Å². The highest BCUT2D eigenvalue weighted by Crippen LogP contribution is 2.40. The predicted octanol–water partition coefficient (Wildman–Crippen LogP) is 4.83. The average Bonchev–Trinajstić information content (AvgIpc) is 3.13. The monoisotopic (exact) mass is 454 g/mol. The first-order chi connectivity index (χ1) is 16.5. The molecule has 1 aromatic heterocycles. The van der Waals surface area contributed by atoms with E-state index in [0.717, 1.165) is 23.1 Å². The van der Waals surface area contributed by atoms with Crippen molar-refractivity contribution in [3.05, 3.63) is 114 Å². The van der Waals surface area contributed by atoms with Crippen molar-refractivity contribution < 1.29 is 19.4 Å². The minimum absolute atomic E-state index is 0.0723. The number of likely N-dealkylation sites (tertiary alicyclic amines) is 1. The molecule has 1 N–H and O–H groups in total. The van der Waals surface area contributed by atoms with Gasteiger partial charge in [0, 0.05) is 24.5 Å². The molecule has 0 saturated carbocycles. The van der Waals surface area contributed by atoms with E-state index in [1.165, 1.54) is 4.90 Å². The molecule has 2 aromatic carbocycles. The molecule has 1 aliphatic rings. The maximum absolute atomic E-state index is 13.2. The number of aliphatic hydroxyl groups excluding tert-OH is 1. The standard InChI is InChI=1S/C28H26N2O4/c1-3-17-34-23-11-9-22(10-12-23)26(31)24-25(21-7-5-19(4-2)6-8-21)30(28(33)27(24)32)18-20-13-15-29-16-14-20/h3,5-16,25,31H,1,4,17-18H2,2H3. The Morgan fingerprint density at radius 1 is 1.03 bits per heavy atom. The van der Waals surface area contributed by atoms with Crippen molar-refractivity contribution in [3.8, 4) is 5.75 Å². The zero-order valence-corrected chi connectivity index (χ0v) is 19.0. The van der Waals surface area contributed by atoms with Crippen LogP contribution in [-0.2, 0) is 22.6 Å². The lowest BCUT2D eigenvalue weighted by atomic mass is 9.94. The van der Waals surface area contributed by atoms with Crippen LogP contribution in [0.5, 0.6) is 5.75 Å². The highest BCUT2D eigenvalue weighted by Gasteiger charge is 2.46. The molecule has 1 aliphatic heterocycles. The second-order valence-electron chi connectivity index (χ2n) is 8.00. The molecule has 3 aromatic rings. The fourth-order valence-electron chi connectivity index (χ4n) is 4.03. The number of aliphatic hydroxyl groups is 1. The van der Waals surface area contributed by atoms with Crippen LogP contribution in [0.25, 0.3) is 5.76 Å². The van der Waals surface area contributed by atoms with Crippen LogP contribution in [0.2, 0.25) is 0 Å². The summed E-state index contributed by atoms with van der Waals surface area (Å²) in [5.41, 5.74) is 3.25. The Balaban J connectivity index is 1.78. The molecule has 0 aliphatic carbocycles. The maximum atomic E-state index is 13.2. The van der Waals surface area contributed by atoms with E-state index in [0.29, 0.717) is 17.9 Å². The van der Waals surface area contributed by atoms with E-state index < -0.39 is 17.7 Å². The molecular weight excluding hydrogens is 428 g/mol. The second kappa shape index (κ2) is 10.2. The van der Waals surface area contributed by atoms with Gasteiger partial charge in [-0.15, -0.1) is 0 Å². The van der Waals surface area contributed by atoms with E-state index in [-0.39, 0.29) is 17.9 Å². The smallest absolute Gasteiger partial charge is 0.295 e. The average molecular weight is 455 g/mol. The lowest BCUT2D eigenvalue weighted by Crippen LogP contribution is -2.29. The van der Waals surface area contributed by atoms with Crippen LogP contribution in [0.1, 0.15) is 35.2 Å². The largest absolute Gasteiger partial charge is 0.507 e. The van der Waals surface area contributed by atoms with Crippen LogP contribution in [0.15, 0.2) is 91.3 Å². The predicted molar refractivity (Wildman–Crippen MR) is 130 cm³/mol. The van der Waals surface area contributed by atoms with Crippen LogP contribution in [-0.4, -0.2) is 33.3 Å². The number of amides is 1. The number of benzene rings is 2. The van der Waals surface area contributed by atoms with Gasteiger partial charge in [-0.25, -0.2) is 0 Å².